The molecule has 136 valence electrons. The Kier molecular flexibility index (Phi) is 12.0. The lowest BCUT2D eigenvalue weighted by Gasteiger charge is -2.21. The molecule has 0 bridgehead atoms. The monoisotopic (exact) mass is 327 g/mol. The molecular weight excluding hydrogens is 290 g/mol. The van der Waals surface area contributed by atoms with E-state index < -0.39 is 0 Å². The molecule has 1 aliphatic carbocycles. The highest BCUT2D eigenvalue weighted by Crippen LogP contribution is 2.20. The highest BCUT2D eigenvalue weighted by atomic mass is 16.5. The van der Waals surface area contributed by atoms with Crippen molar-refractivity contribution in [1.29, 1.82) is 0 Å². The lowest BCUT2D eigenvalue weighted by molar-refractivity contribution is 0.0264. The number of guanidine groups is 1. The number of nitrogens with one attached hydrogen (secondary N) is 2. The minimum atomic E-state index is 0.265. The van der Waals surface area contributed by atoms with Gasteiger partial charge in [-0.2, -0.15) is 0 Å². The van der Waals surface area contributed by atoms with Gasteiger partial charge in [-0.25, -0.2) is 0 Å². The summed E-state index contributed by atoms with van der Waals surface area (Å²) in [5, 5.41) is 6.63. The molecule has 1 saturated carbocycles. The van der Waals surface area contributed by atoms with Gasteiger partial charge in [0, 0.05) is 32.8 Å². The first-order valence-corrected chi connectivity index (χ1v) is 9.41. The molecule has 0 radical (unpaired) electrons. The number of nitrogens with zero attached hydrogens (tertiary/aromatic N) is 1. The lowest BCUT2D eigenvalue weighted by atomic mass is 9.98. The van der Waals surface area contributed by atoms with Crippen LogP contribution in [0.25, 0.3) is 0 Å². The van der Waals surface area contributed by atoms with Gasteiger partial charge in [0.25, 0.3) is 0 Å². The summed E-state index contributed by atoms with van der Waals surface area (Å²) in [5.74, 6) is 0.885. The first kappa shape index (κ1) is 20.2. The summed E-state index contributed by atoms with van der Waals surface area (Å²) in [4.78, 5) is 4.62. The standard InChI is InChI=1S/C18H37N3O2/c1-4-19-18(21-16(2)15-22-3)20-13-9-6-10-14-23-17-11-7-5-8-12-17/h16-17H,4-15H2,1-3H3,(H2,19,20,21). The topological polar surface area (TPSA) is 54.9 Å². The average molecular weight is 328 g/mol. The summed E-state index contributed by atoms with van der Waals surface area (Å²) in [6.45, 7) is 7.51. The molecule has 1 unspecified atom stereocenters. The minimum absolute atomic E-state index is 0.265. The van der Waals surface area contributed by atoms with E-state index in [1.807, 2.05) is 0 Å². The second kappa shape index (κ2) is 13.6. The molecule has 0 aliphatic heterocycles. The van der Waals surface area contributed by atoms with Crippen LogP contribution in [-0.4, -0.2) is 51.5 Å². The van der Waals surface area contributed by atoms with Gasteiger partial charge in [-0.15, -0.1) is 0 Å². The fourth-order valence-electron chi connectivity index (χ4n) is 2.91. The van der Waals surface area contributed by atoms with Gasteiger partial charge < -0.3 is 20.1 Å². The first-order valence-electron chi connectivity index (χ1n) is 9.41. The Labute approximate surface area is 142 Å². The Morgan fingerprint density at radius 1 is 1.17 bits per heavy atom. The molecule has 0 aromatic carbocycles. The van der Waals surface area contributed by atoms with Crippen molar-refractivity contribution >= 4 is 5.96 Å². The zero-order valence-corrected chi connectivity index (χ0v) is 15.4. The second-order valence-electron chi connectivity index (χ2n) is 6.45. The van der Waals surface area contributed by atoms with E-state index in [4.69, 9.17) is 9.47 Å². The van der Waals surface area contributed by atoms with E-state index in [1.165, 1.54) is 38.5 Å². The van der Waals surface area contributed by atoms with E-state index in [0.717, 1.165) is 38.5 Å². The highest BCUT2D eigenvalue weighted by Gasteiger charge is 2.12. The maximum Gasteiger partial charge on any atom is 0.191 e. The van der Waals surface area contributed by atoms with Crippen LogP contribution in [0.15, 0.2) is 4.99 Å². The molecule has 0 saturated heterocycles. The average Bonchev–Trinajstić information content (AvgIpc) is 2.55. The Balaban J connectivity index is 2.06. The van der Waals surface area contributed by atoms with Crippen LogP contribution >= 0.6 is 0 Å². The normalized spacial score (nSPS) is 18.0. The van der Waals surface area contributed by atoms with Gasteiger partial charge in [0.2, 0.25) is 0 Å². The predicted octanol–water partition coefficient (Wildman–Crippen LogP) is 3.10. The summed E-state index contributed by atoms with van der Waals surface area (Å²) in [6.07, 6.45) is 10.6. The molecule has 1 aliphatic rings. The van der Waals surface area contributed by atoms with Crippen molar-refractivity contribution in [2.24, 2.45) is 4.99 Å². The van der Waals surface area contributed by atoms with Gasteiger partial charge in [0.1, 0.15) is 0 Å². The maximum atomic E-state index is 5.95. The predicted molar refractivity (Wildman–Crippen MR) is 97.1 cm³/mol. The van der Waals surface area contributed by atoms with E-state index in [1.54, 1.807) is 7.11 Å². The molecule has 0 spiro atoms. The molecule has 0 aromatic rings. The Hall–Kier alpha value is -0.810. The molecule has 23 heavy (non-hydrogen) atoms. The third-order valence-corrected chi connectivity index (χ3v) is 4.12. The third kappa shape index (κ3) is 10.6. The number of ether oxygens (including phenoxy) is 2. The molecule has 2 N–H and O–H groups in total. The Morgan fingerprint density at radius 2 is 1.96 bits per heavy atom. The summed E-state index contributed by atoms with van der Waals surface area (Å²) in [7, 11) is 1.72. The molecule has 5 heteroatoms. The molecule has 1 atom stereocenters. The molecule has 0 amide bonds. The largest absolute Gasteiger partial charge is 0.383 e. The number of rotatable bonds is 11. The zero-order chi connectivity index (χ0) is 16.8. The molecule has 1 fully saturated rings. The quantitative estimate of drug-likeness (QED) is 0.348. The molecule has 0 heterocycles. The van der Waals surface area contributed by atoms with Gasteiger partial charge in [0.05, 0.1) is 12.7 Å². The molecule has 1 rings (SSSR count). The SMILES string of the molecule is CCNC(=NCCCCCOC1CCCCC1)NC(C)COC. The number of unbranched alkanes of at least 4 members (excludes halogenated alkanes) is 2. The van der Waals surface area contributed by atoms with Crippen molar-refractivity contribution in [2.45, 2.75) is 77.4 Å². The Bertz CT molecular complexity index is 305. The van der Waals surface area contributed by atoms with E-state index in [0.29, 0.717) is 12.7 Å². The molecular formula is C18H37N3O2. The number of methoxy groups -OCH3 is 1. The maximum absolute atomic E-state index is 5.95. The lowest BCUT2D eigenvalue weighted by Crippen LogP contribution is -2.44. The number of aliphatic imine (C=N–C) groups is 1. The van der Waals surface area contributed by atoms with Crippen molar-refractivity contribution < 1.29 is 9.47 Å². The van der Waals surface area contributed by atoms with Gasteiger partial charge in [-0.1, -0.05) is 19.3 Å². The third-order valence-electron chi connectivity index (χ3n) is 4.12. The first-order chi connectivity index (χ1) is 11.3. The highest BCUT2D eigenvalue weighted by molar-refractivity contribution is 5.80. The van der Waals surface area contributed by atoms with Crippen molar-refractivity contribution in [2.75, 3.05) is 33.4 Å². The van der Waals surface area contributed by atoms with Crippen LogP contribution in [0, 0.1) is 0 Å². The van der Waals surface area contributed by atoms with Crippen LogP contribution in [0.4, 0.5) is 0 Å². The van der Waals surface area contributed by atoms with E-state index >= 15 is 0 Å². The van der Waals surface area contributed by atoms with Crippen LogP contribution in [0.3, 0.4) is 0 Å². The van der Waals surface area contributed by atoms with Crippen LogP contribution in [0.1, 0.15) is 65.2 Å². The Morgan fingerprint density at radius 3 is 2.65 bits per heavy atom. The molecule has 5 nitrogen and oxygen atoms in total. The van der Waals surface area contributed by atoms with Crippen molar-refractivity contribution in [3.8, 4) is 0 Å². The van der Waals surface area contributed by atoms with E-state index in [2.05, 4.69) is 29.5 Å². The van der Waals surface area contributed by atoms with Crippen molar-refractivity contribution in [3.63, 3.8) is 0 Å². The zero-order valence-electron chi connectivity index (χ0n) is 15.4. The summed E-state index contributed by atoms with van der Waals surface area (Å²) in [5.41, 5.74) is 0. The summed E-state index contributed by atoms with van der Waals surface area (Å²) < 4.78 is 11.1. The van der Waals surface area contributed by atoms with E-state index in [9.17, 15) is 0 Å². The fourth-order valence-corrected chi connectivity index (χ4v) is 2.91. The van der Waals surface area contributed by atoms with Crippen molar-refractivity contribution in [1.82, 2.24) is 10.6 Å². The van der Waals surface area contributed by atoms with Crippen LogP contribution in [-0.2, 0) is 9.47 Å². The van der Waals surface area contributed by atoms with Crippen LogP contribution in [0.5, 0.6) is 0 Å². The number of hydrogen-bond acceptors (Lipinski definition) is 3. The van der Waals surface area contributed by atoms with Gasteiger partial charge in [0.15, 0.2) is 5.96 Å². The van der Waals surface area contributed by atoms with Gasteiger partial charge in [-0.05, 0) is 46.0 Å². The minimum Gasteiger partial charge on any atom is -0.383 e. The summed E-state index contributed by atoms with van der Waals surface area (Å²) >= 11 is 0. The fraction of sp³-hybridized carbons (Fsp3) is 0.944. The number of hydrogen-bond donors (Lipinski definition) is 2. The smallest absolute Gasteiger partial charge is 0.191 e. The van der Waals surface area contributed by atoms with E-state index in [-0.39, 0.29) is 6.04 Å². The van der Waals surface area contributed by atoms with Crippen molar-refractivity contribution in [3.05, 3.63) is 0 Å². The second-order valence-corrected chi connectivity index (χ2v) is 6.45. The summed E-state index contributed by atoms with van der Waals surface area (Å²) in [6, 6.07) is 0.265. The van der Waals surface area contributed by atoms with Crippen LogP contribution < -0.4 is 10.6 Å². The van der Waals surface area contributed by atoms with Gasteiger partial charge in [-0.3, -0.25) is 4.99 Å². The van der Waals surface area contributed by atoms with Gasteiger partial charge >= 0.3 is 0 Å². The molecule has 0 aromatic heterocycles. The van der Waals surface area contributed by atoms with Crippen LogP contribution in [0.2, 0.25) is 0 Å².